The first-order chi connectivity index (χ1) is 13.0. The smallest absolute Gasteiger partial charge is 0.191 e. The van der Waals surface area contributed by atoms with Gasteiger partial charge in [-0.2, -0.15) is 0 Å². The van der Waals surface area contributed by atoms with Crippen LogP contribution < -0.4 is 10.6 Å². The summed E-state index contributed by atoms with van der Waals surface area (Å²) in [5.74, 6) is 0.904. The van der Waals surface area contributed by atoms with Crippen LogP contribution >= 0.6 is 11.3 Å². The van der Waals surface area contributed by atoms with E-state index in [1.165, 1.54) is 10.4 Å². The molecule has 3 rings (SSSR count). The van der Waals surface area contributed by atoms with Crippen LogP contribution in [0, 0.1) is 13.8 Å². The van der Waals surface area contributed by atoms with Crippen LogP contribution in [-0.4, -0.2) is 41.0 Å². The molecule has 1 saturated heterocycles. The summed E-state index contributed by atoms with van der Waals surface area (Å²) in [6.07, 6.45) is 1.13. The highest BCUT2D eigenvalue weighted by Gasteiger charge is 2.29. The summed E-state index contributed by atoms with van der Waals surface area (Å²) < 4.78 is 0. The summed E-state index contributed by atoms with van der Waals surface area (Å²) in [5.41, 5.74) is 2.47. The van der Waals surface area contributed by atoms with Crippen molar-refractivity contribution < 1.29 is 0 Å². The minimum absolute atomic E-state index is 0.422. The molecule has 1 aromatic carbocycles. The minimum Gasteiger partial charge on any atom is -0.357 e. The summed E-state index contributed by atoms with van der Waals surface area (Å²) in [7, 11) is 0. The van der Waals surface area contributed by atoms with E-state index in [4.69, 9.17) is 4.99 Å². The summed E-state index contributed by atoms with van der Waals surface area (Å²) in [6.45, 7) is 12.1. The van der Waals surface area contributed by atoms with Gasteiger partial charge >= 0.3 is 0 Å². The molecule has 0 saturated carbocycles. The van der Waals surface area contributed by atoms with Crippen molar-refractivity contribution in [2.24, 2.45) is 4.99 Å². The van der Waals surface area contributed by atoms with Gasteiger partial charge in [-0.3, -0.25) is 4.90 Å². The first-order valence-electron chi connectivity index (χ1n) is 9.81. The Kier molecular flexibility index (Phi) is 6.85. The van der Waals surface area contributed by atoms with Crippen molar-refractivity contribution in [3.8, 4) is 0 Å². The number of benzene rings is 1. The predicted molar refractivity (Wildman–Crippen MR) is 114 cm³/mol. The number of aliphatic imine (C=N–C) groups is 1. The topological polar surface area (TPSA) is 52.6 Å². The first-order valence-corrected chi connectivity index (χ1v) is 10.6. The Morgan fingerprint density at radius 3 is 2.74 bits per heavy atom. The largest absolute Gasteiger partial charge is 0.357 e. The monoisotopic (exact) mass is 385 g/mol. The molecule has 6 heteroatoms. The number of aryl methyl sites for hydroxylation is 2. The maximum atomic E-state index is 4.80. The molecular formula is C21H31N5S. The highest BCUT2D eigenvalue weighted by molar-refractivity contribution is 7.11. The van der Waals surface area contributed by atoms with Gasteiger partial charge in [0.05, 0.1) is 17.2 Å². The van der Waals surface area contributed by atoms with E-state index in [2.05, 4.69) is 78.5 Å². The third kappa shape index (κ3) is 5.53. The van der Waals surface area contributed by atoms with Crippen molar-refractivity contribution in [2.45, 2.75) is 59.3 Å². The quantitative estimate of drug-likeness (QED) is 0.590. The Bertz CT molecular complexity index is 755. The Labute approximate surface area is 166 Å². The zero-order valence-corrected chi connectivity index (χ0v) is 17.6. The van der Waals surface area contributed by atoms with Crippen molar-refractivity contribution in [3.63, 3.8) is 0 Å². The van der Waals surface area contributed by atoms with E-state index in [1.807, 2.05) is 0 Å². The fourth-order valence-electron chi connectivity index (χ4n) is 3.63. The Morgan fingerprint density at radius 2 is 2.07 bits per heavy atom. The highest BCUT2D eigenvalue weighted by atomic mass is 32.1. The summed E-state index contributed by atoms with van der Waals surface area (Å²) in [6, 6.07) is 11.7. The van der Waals surface area contributed by atoms with Gasteiger partial charge in [-0.05, 0) is 39.7 Å². The number of rotatable bonds is 6. The normalized spacial score (nSPS) is 20.8. The molecular weight excluding hydrogens is 354 g/mol. The third-order valence-electron chi connectivity index (χ3n) is 5.00. The molecule has 1 aliphatic rings. The van der Waals surface area contributed by atoms with Gasteiger partial charge in [0.2, 0.25) is 0 Å². The maximum absolute atomic E-state index is 4.80. The predicted octanol–water partition coefficient (Wildman–Crippen LogP) is 3.48. The number of likely N-dealkylation sites (tertiary alicyclic amines) is 1. The summed E-state index contributed by atoms with van der Waals surface area (Å²) >= 11 is 1.74. The Hall–Kier alpha value is -1.92. The molecule has 146 valence electrons. The molecule has 2 unspecified atom stereocenters. The molecule has 1 aliphatic heterocycles. The molecule has 2 N–H and O–H groups in total. The Balaban J connectivity index is 1.59. The van der Waals surface area contributed by atoms with Gasteiger partial charge in [-0.15, -0.1) is 11.3 Å². The number of aromatic nitrogens is 1. The standard InChI is InChI=1S/C21H31N5S/c1-5-22-21(23-12-20-16(3)24-17(4)27-20)25-19-11-15(2)26(14-19)13-18-9-7-6-8-10-18/h6-10,15,19H,5,11-14H2,1-4H3,(H2,22,23,25). The molecule has 2 aromatic rings. The fraction of sp³-hybridized carbons (Fsp3) is 0.524. The molecule has 2 heterocycles. The molecule has 1 aromatic heterocycles. The average Bonchev–Trinajstić information content (AvgIpc) is 3.15. The zero-order valence-electron chi connectivity index (χ0n) is 16.8. The first kappa shape index (κ1) is 19.8. The van der Waals surface area contributed by atoms with Crippen molar-refractivity contribution in [1.29, 1.82) is 0 Å². The number of nitrogens with zero attached hydrogens (tertiary/aromatic N) is 3. The maximum Gasteiger partial charge on any atom is 0.191 e. The van der Waals surface area contributed by atoms with Gasteiger partial charge in [0.1, 0.15) is 0 Å². The molecule has 1 fully saturated rings. The van der Waals surface area contributed by atoms with Crippen molar-refractivity contribution in [2.75, 3.05) is 13.1 Å². The highest BCUT2D eigenvalue weighted by Crippen LogP contribution is 2.21. The fourth-order valence-corrected chi connectivity index (χ4v) is 4.49. The summed E-state index contributed by atoms with van der Waals surface area (Å²) in [4.78, 5) is 13.1. The molecule has 0 amide bonds. The van der Waals surface area contributed by atoms with Crippen molar-refractivity contribution >= 4 is 17.3 Å². The van der Waals surface area contributed by atoms with Crippen molar-refractivity contribution in [1.82, 2.24) is 20.5 Å². The van der Waals surface area contributed by atoms with E-state index in [1.54, 1.807) is 11.3 Å². The van der Waals surface area contributed by atoms with Crippen LogP contribution in [-0.2, 0) is 13.1 Å². The van der Waals surface area contributed by atoms with Crippen LogP contribution in [0.5, 0.6) is 0 Å². The third-order valence-corrected chi connectivity index (χ3v) is 6.06. The Morgan fingerprint density at radius 1 is 1.30 bits per heavy atom. The zero-order chi connectivity index (χ0) is 19.2. The molecule has 27 heavy (non-hydrogen) atoms. The molecule has 0 spiro atoms. The minimum atomic E-state index is 0.422. The number of nitrogens with one attached hydrogen (secondary N) is 2. The molecule has 0 bridgehead atoms. The second-order valence-electron chi connectivity index (χ2n) is 7.28. The van der Waals surface area contributed by atoms with E-state index in [0.29, 0.717) is 18.6 Å². The van der Waals surface area contributed by atoms with Crippen LogP contribution in [0.25, 0.3) is 0 Å². The van der Waals surface area contributed by atoms with Crippen LogP contribution in [0.15, 0.2) is 35.3 Å². The lowest BCUT2D eigenvalue weighted by Gasteiger charge is -2.21. The van der Waals surface area contributed by atoms with Gasteiger partial charge in [-0.1, -0.05) is 30.3 Å². The number of hydrogen-bond donors (Lipinski definition) is 2. The number of hydrogen-bond acceptors (Lipinski definition) is 4. The number of guanidine groups is 1. The second kappa shape index (κ2) is 9.33. The molecule has 0 radical (unpaired) electrons. The van der Waals surface area contributed by atoms with Gasteiger partial charge in [0.15, 0.2) is 5.96 Å². The lowest BCUT2D eigenvalue weighted by molar-refractivity contribution is 0.258. The van der Waals surface area contributed by atoms with Crippen LogP contribution in [0.3, 0.4) is 0 Å². The van der Waals surface area contributed by atoms with E-state index in [-0.39, 0.29) is 0 Å². The van der Waals surface area contributed by atoms with Crippen LogP contribution in [0.2, 0.25) is 0 Å². The van der Waals surface area contributed by atoms with E-state index in [0.717, 1.165) is 42.7 Å². The van der Waals surface area contributed by atoms with Gasteiger partial charge in [0.25, 0.3) is 0 Å². The lowest BCUT2D eigenvalue weighted by atomic mass is 10.2. The van der Waals surface area contributed by atoms with Gasteiger partial charge < -0.3 is 10.6 Å². The second-order valence-corrected chi connectivity index (χ2v) is 8.57. The average molecular weight is 386 g/mol. The van der Waals surface area contributed by atoms with E-state index < -0.39 is 0 Å². The molecule has 5 nitrogen and oxygen atoms in total. The van der Waals surface area contributed by atoms with Gasteiger partial charge in [-0.25, -0.2) is 9.98 Å². The van der Waals surface area contributed by atoms with Crippen molar-refractivity contribution in [3.05, 3.63) is 51.5 Å². The molecule has 0 aliphatic carbocycles. The van der Waals surface area contributed by atoms with Gasteiger partial charge in [0, 0.05) is 36.6 Å². The number of thiazole rings is 1. The summed E-state index contributed by atoms with van der Waals surface area (Å²) in [5, 5.41) is 8.14. The molecule has 2 atom stereocenters. The van der Waals surface area contributed by atoms with Crippen LogP contribution in [0.4, 0.5) is 0 Å². The van der Waals surface area contributed by atoms with E-state index >= 15 is 0 Å². The van der Waals surface area contributed by atoms with E-state index in [9.17, 15) is 0 Å². The lowest BCUT2D eigenvalue weighted by Crippen LogP contribution is -2.44. The SMILES string of the molecule is CCNC(=NCc1sc(C)nc1C)NC1CC(C)N(Cc2ccccc2)C1. The van der Waals surface area contributed by atoms with Crippen LogP contribution in [0.1, 0.15) is 41.4 Å².